The number of carbonyl (C=O) groups is 4. The first-order valence-corrected chi connectivity index (χ1v) is 31.0. The number of aliphatic hydroxyl groups is 4. The molecule has 24 heteroatoms. The standard InChI is InChI=1S/C62H99ClN4O19/c1-16-48-62(11,76)54(72)38(6)66(14)32-34(2)30-60(9,75)55(86-59-52(71)47(65(12)13)27-35(3)81-59)36(4)53(37(5)57(73)83-48)85-50-31-61(10,77-15)56(39(7)82-50)84-49(69)21-25-78-26-22-64-45-28-42-46(29-44(45)63)67(41-19-20-41)33-43(51(42)70)58(74)80-24-18-17-23-79-40(8)68/h28-29,33-39,41,47-48,50,52-56,59,64,71-72,75-76H,16-27,30-32H2,1-15H3/t34-,35-,36+,37-,38-,39+,47+,48-,50+,52-,53+,54-,55-,56+,59+,60-,61-,62-/m1/s1. The van der Waals surface area contributed by atoms with Gasteiger partial charge >= 0.3 is 23.9 Å². The molecule has 86 heavy (non-hydrogen) atoms. The number of ether oxygens (including phenoxy) is 10. The van der Waals surface area contributed by atoms with Crippen LogP contribution in [0.4, 0.5) is 5.69 Å². The van der Waals surface area contributed by atoms with E-state index in [4.69, 9.17) is 59.0 Å². The number of unbranched alkanes of at least 4 members (excludes halogenated alkanes) is 1. The van der Waals surface area contributed by atoms with Crippen molar-refractivity contribution < 1.29 is 87.0 Å². The van der Waals surface area contributed by atoms with Crippen LogP contribution in [0.1, 0.15) is 150 Å². The van der Waals surface area contributed by atoms with E-state index >= 15 is 0 Å². The van der Waals surface area contributed by atoms with Crippen LogP contribution in [-0.2, 0) is 61.8 Å². The molecule has 23 nitrogen and oxygen atoms in total. The van der Waals surface area contributed by atoms with Crippen LogP contribution in [-0.4, -0.2) is 217 Å². The minimum Gasteiger partial charge on any atom is -0.466 e. The van der Waals surface area contributed by atoms with E-state index < -0.39 is 119 Å². The van der Waals surface area contributed by atoms with Crippen molar-refractivity contribution in [2.45, 2.75) is 230 Å². The second kappa shape index (κ2) is 30.6. The Kier molecular flexibility index (Phi) is 25.3. The van der Waals surface area contributed by atoms with Crippen LogP contribution in [0.2, 0.25) is 5.02 Å². The van der Waals surface area contributed by atoms with Gasteiger partial charge in [-0.3, -0.25) is 19.2 Å². The number of fused-ring (bicyclic) bond motifs is 1. The molecule has 488 valence electrons. The van der Waals surface area contributed by atoms with Gasteiger partial charge in [0.2, 0.25) is 5.43 Å². The highest BCUT2D eigenvalue weighted by Gasteiger charge is 2.54. The fraction of sp³-hybridized carbons (Fsp3) is 0.790. The SMILES string of the molecule is CC[C@H]1OC(=O)[C@H](C)[C@@H](O[C@H]2C[C@@](C)(OC)[C@@H](OC(=O)CCOCCNc3cc4c(=O)c(C(=O)OCCCCOC(C)=O)cn(C5CC5)c4cc3Cl)[C@H](C)O2)[C@H](C)[C@@H](O[C@@H]2O[C@H](C)C[C@H](N(C)C)[C@H]2O)[C@](C)(O)C[C@@H](C)CN(C)[C@H](C)[C@@H](O)[C@]1(C)O. The minimum atomic E-state index is -1.88. The Labute approximate surface area is 511 Å². The molecule has 1 aromatic heterocycles. The van der Waals surface area contributed by atoms with Crippen LogP contribution < -0.4 is 10.7 Å². The molecular weight excluding hydrogens is 1140 g/mol. The van der Waals surface area contributed by atoms with Crippen molar-refractivity contribution in [1.29, 1.82) is 0 Å². The number of cyclic esters (lactones) is 1. The Morgan fingerprint density at radius 1 is 0.907 bits per heavy atom. The van der Waals surface area contributed by atoms with Crippen molar-refractivity contribution in [2.24, 2.45) is 17.8 Å². The molecule has 0 amide bonds. The van der Waals surface area contributed by atoms with Gasteiger partial charge < -0.3 is 87.5 Å². The number of hydrogen-bond donors (Lipinski definition) is 5. The van der Waals surface area contributed by atoms with E-state index in [1.807, 2.05) is 49.4 Å². The Morgan fingerprint density at radius 3 is 2.21 bits per heavy atom. The molecule has 4 fully saturated rings. The van der Waals surface area contributed by atoms with Crippen LogP contribution >= 0.6 is 11.6 Å². The number of hydrogen-bond acceptors (Lipinski definition) is 22. The van der Waals surface area contributed by atoms with Crippen LogP contribution in [0.15, 0.2) is 23.1 Å². The maximum atomic E-state index is 14.6. The number of pyridine rings is 1. The van der Waals surface area contributed by atoms with E-state index in [0.29, 0.717) is 47.4 Å². The highest BCUT2D eigenvalue weighted by atomic mass is 35.5. The van der Waals surface area contributed by atoms with Crippen molar-refractivity contribution in [3.63, 3.8) is 0 Å². The van der Waals surface area contributed by atoms with Crippen molar-refractivity contribution in [2.75, 3.05) is 73.1 Å². The first kappa shape index (κ1) is 71.0. The van der Waals surface area contributed by atoms with Gasteiger partial charge in [-0.15, -0.1) is 0 Å². The van der Waals surface area contributed by atoms with E-state index in [2.05, 4.69) is 5.32 Å². The average Bonchev–Trinajstić information content (AvgIpc) is 1.44. The first-order valence-electron chi connectivity index (χ1n) is 30.6. The van der Waals surface area contributed by atoms with E-state index in [9.17, 15) is 44.4 Å². The van der Waals surface area contributed by atoms with Gasteiger partial charge in [-0.2, -0.15) is 0 Å². The topological polar surface area (TPSA) is 282 Å². The van der Waals surface area contributed by atoms with E-state index in [0.717, 1.165) is 12.8 Å². The molecule has 4 heterocycles. The predicted molar refractivity (Wildman–Crippen MR) is 320 cm³/mol. The number of aromatic nitrogens is 1. The minimum absolute atomic E-state index is 0.00442. The summed E-state index contributed by atoms with van der Waals surface area (Å²) in [6.07, 6.45) is -5.30. The van der Waals surface area contributed by atoms with Gasteiger partial charge in [0.25, 0.3) is 0 Å². The molecule has 0 bridgehead atoms. The maximum absolute atomic E-state index is 14.6. The van der Waals surface area contributed by atoms with Crippen molar-refractivity contribution in [3.05, 3.63) is 39.1 Å². The van der Waals surface area contributed by atoms with Gasteiger partial charge in [0.15, 0.2) is 18.7 Å². The summed E-state index contributed by atoms with van der Waals surface area (Å²) in [6.45, 7) is 19.7. The molecule has 4 aliphatic rings. The van der Waals surface area contributed by atoms with Gasteiger partial charge in [-0.25, -0.2) is 4.79 Å². The third kappa shape index (κ3) is 17.7. The van der Waals surface area contributed by atoms with Gasteiger partial charge in [-0.05, 0) is 133 Å². The lowest BCUT2D eigenvalue weighted by Gasteiger charge is -2.49. The third-order valence-electron chi connectivity index (χ3n) is 17.8. The second-order valence-corrected chi connectivity index (χ2v) is 25.9. The Balaban J connectivity index is 1.14. The summed E-state index contributed by atoms with van der Waals surface area (Å²) in [5.41, 5.74) is -4.30. The maximum Gasteiger partial charge on any atom is 0.343 e. The summed E-state index contributed by atoms with van der Waals surface area (Å²) in [5.74, 6) is -4.67. The van der Waals surface area contributed by atoms with Crippen molar-refractivity contribution >= 4 is 52.1 Å². The monoisotopic (exact) mass is 1240 g/mol. The van der Waals surface area contributed by atoms with Gasteiger partial charge in [0.05, 0.1) is 85.0 Å². The smallest absolute Gasteiger partial charge is 0.343 e. The van der Waals surface area contributed by atoms with Gasteiger partial charge in [-0.1, -0.05) is 32.4 Å². The number of esters is 4. The predicted octanol–water partition coefficient (Wildman–Crippen LogP) is 5.77. The summed E-state index contributed by atoms with van der Waals surface area (Å²) in [5, 5.41) is 52.1. The summed E-state index contributed by atoms with van der Waals surface area (Å²) < 4.78 is 63.0. The van der Waals surface area contributed by atoms with Crippen molar-refractivity contribution in [1.82, 2.24) is 14.4 Å². The Hall–Kier alpha value is -4.08. The Morgan fingerprint density at radius 2 is 1.58 bits per heavy atom. The molecule has 18 atom stereocenters. The van der Waals surface area contributed by atoms with Gasteiger partial charge in [0.1, 0.15) is 35.1 Å². The van der Waals surface area contributed by atoms with E-state index in [1.54, 1.807) is 60.6 Å². The first-order chi connectivity index (χ1) is 40.3. The number of aliphatic hydroxyl groups excluding tert-OH is 2. The molecule has 3 aliphatic heterocycles. The lowest BCUT2D eigenvalue weighted by atomic mass is 9.77. The number of carbonyl (C=O) groups excluding carboxylic acids is 4. The number of nitrogens with one attached hydrogen (secondary N) is 1. The molecule has 1 aliphatic carbocycles. The number of anilines is 1. The number of likely N-dealkylation sites (N-methyl/N-ethyl adjacent to an activating group) is 2. The fourth-order valence-electron chi connectivity index (χ4n) is 12.6. The van der Waals surface area contributed by atoms with E-state index in [-0.39, 0.29) is 88.3 Å². The van der Waals surface area contributed by atoms with Crippen LogP contribution in [0.3, 0.4) is 0 Å². The molecule has 5 N–H and O–H groups in total. The third-order valence-corrected chi connectivity index (χ3v) is 18.1. The quantitative estimate of drug-likeness (QED) is 0.0531. The zero-order valence-electron chi connectivity index (χ0n) is 53.2. The largest absolute Gasteiger partial charge is 0.466 e. The lowest BCUT2D eigenvalue weighted by Crippen LogP contribution is -2.61. The molecule has 1 saturated carbocycles. The van der Waals surface area contributed by atoms with Crippen LogP contribution in [0, 0.1) is 17.8 Å². The number of methoxy groups -OCH3 is 1. The molecule has 3 saturated heterocycles. The summed E-state index contributed by atoms with van der Waals surface area (Å²) in [7, 11) is 7.04. The number of halogens is 1. The van der Waals surface area contributed by atoms with Crippen LogP contribution in [0.25, 0.3) is 10.9 Å². The molecule has 6 rings (SSSR count). The summed E-state index contributed by atoms with van der Waals surface area (Å²) >= 11 is 6.74. The number of benzene rings is 1. The summed E-state index contributed by atoms with van der Waals surface area (Å²) in [6, 6.07) is 2.47. The molecule has 0 unspecified atom stereocenters. The Bertz CT molecular complexity index is 2650. The zero-order chi connectivity index (χ0) is 63.7. The highest BCUT2D eigenvalue weighted by molar-refractivity contribution is 6.34. The molecule has 1 aromatic carbocycles. The number of nitrogens with zero attached hydrogens (tertiary/aromatic N) is 3. The molecular formula is C62H99ClN4O19. The normalized spacial score (nSPS) is 35.3. The number of rotatable bonds is 22. The van der Waals surface area contributed by atoms with Crippen LogP contribution in [0.5, 0.6) is 0 Å². The lowest BCUT2D eigenvalue weighted by molar-refractivity contribution is -0.318. The average molecular weight is 1240 g/mol. The van der Waals surface area contributed by atoms with Crippen molar-refractivity contribution in [3.8, 4) is 0 Å². The highest BCUT2D eigenvalue weighted by Crippen LogP contribution is 2.42. The second-order valence-electron chi connectivity index (χ2n) is 25.5. The molecule has 2 aromatic rings. The van der Waals surface area contributed by atoms with Gasteiger partial charge in [0, 0.05) is 69.2 Å². The fourth-order valence-corrected chi connectivity index (χ4v) is 12.9. The molecule has 0 radical (unpaired) electrons. The van der Waals surface area contributed by atoms with E-state index in [1.165, 1.54) is 27.2 Å². The summed E-state index contributed by atoms with van der Waals surface area (Å²) in [4.78, 5) is 70.0. The molecule has 0 spiro atoms. The zero-order valence-corrected chi connectivity index (χ0v) is 54.0.